The van der Waals surface area contributed by atoms with Crippen LogP contribution in [0.15, 0.2) is 77.8 Å². The van der Waals surface area contributed by atoms with Gasteiger partial charge in [0.25, 0.3) is 15.9 Å². The van der Waals surface area contributed by atoms with Crippen molar-refractivity contribution < 1.29 is 39.9 Å². The van der Waals surface area contributed by atoms with Crippen LogP contribution in [0.3, 0.4) is 0 Å². The Kier molecular flexibility index (Phi) is 8.01. The van der Waals surface area contributed by atoms with Crippen LogP contribution in [0, 0.1) is 11.6 Å². The monoisotopic (exact) mass is 606 g/mol. The lowest BCUT2D eigenvalue weighted by Crippen LogP contribution is -2.48. The van der Waals surface area contributed by atoms with E-state index >= 15 is 0 Å². The minimum atomic E-state index is -5.18. The first-order valence-corrected chi connectivity index (χ1v) is 14.1. The van der Waals surface area contributed by atoms with Gasteiger partial charge in [-0.2, -0.15) is 0 Å². The van der Waals surface area contributed by atoms with Crippen molar-refractivity contribution in [2.75, 3.05) is 30.9 Å². The van der Waals surface area contributed by atoms with Crippen LogP contribution >= 0.6 is 0 Å². The second kappa shape index (κ2) is 11.5. The van der Waals surface area contributed by atoms with Crippen molar-refractivity contribution in [3.63, 3.8) is 0 Å². The van der Waals surface area contributed by atoms with Crippen LogP contribution in [0.4, 0.5) is 27.6 Å². The van der Waals surface area contributed by atoms with Gasteiger partial charge in [0.1, 0.15) is 4.90 Å². The number of nitrogens with one attached hydrogen (secondary N) is 1. The van der Waals surface area contributed by atoms with Crippen LogP contribution < -0.4 is 9.46 Å². The fourth-order valence-electron chi connectivity index (χ4n) is 4.64. The number of aromatic nitrogens is 1. The maximum atomic E-state index is 14.0. The van der Waals surface area contributed by atoms with E-state index in [-0.39, 0.29) is 41.2 Å². The molecule has 14 heteroatoms. The molecule has 8 nitrogen and oxygen atoms in total. The van der Waals surface area contributed by atoms with Gasteiger partial charge in [0, 0.05) is 55.4 Å². The third-order valence-electron chi connectivity index (χ3n) is 6.67. The molecule has 1 aromatic heterocycles. The average Bonchev–Trinajstić information content (AvgIpc) is 2.95. The van der Waals surface area contributed by atoms with E-state index in [2.05, 4.69) is 14.4 Å². The SMILES string of the molecule is O=C(c1ccc(NS(=O)(=O)c2cccc3cccnc23)c(OC(F)(F)F)c1)N1CCN(Cc2cccc(F)c2F)CC1. The van der Waals surface area contributed by atoms with Gasteiger partial charge in [-0.15, -0.1) is 13.2 Å². The number of rotatable bonds is 7. The summed E-state index contributed by atoms with van der Waals surface area (Å²) in [7, 11) is -4.42. The fourth-order valence-corrected chi connectivity index (χ4v) is 5.90. The lowest BCUT2D eigenvalue weighted by atomic mass is 10.1. The van der Waals surface area contributed by atoms with E-state index in [1.807, 2.05) is 4.90 Å². The minimum Gasteiger partial charge on any atom is -0.404 e. The van der Waals surface area contributed by atoms with Crippen molar-refractivity contribution in [2.45, 2.75) is 17.8 Å². The van der Waals surface area contributed by atoms with E-state index in [1.165, 1.54) is 41.4 Å². The lowest BCUT2D eigenvalue weighted by molar-refractivity contribution is -0.274. The predicted molar refractivity (Wildman–Crippen MR) is 143 cm³/mol. The fraction of sp³-hybridized carbons (Fsp3) is 0.214. The van der Waals surface area contributed by atoms with Crippen molar-refractivity contribution in [3.05, 3.63) is 95.7 Å². The number of para-hydroxylation sites is 1. The Labute approximate surface area is 237 Å². The normalized spacial score (nSPS) is 14.6. The zero-order chi connectivity index (χ0) is 30.1. The molecule has 0 aliphatic carbocycles. The van der Waals surface area contributed by atoms with Crippen molar-refractivity contribution in [1.82, 2.24) is 14.8 Å². The lowest BCUT2D eigenvalue weighted by Gasteiger charge is -2.35. The number of halogens is 5. The van der Waals surface area contributed by atoms with Gasteiger partial charge >= 0.3 is 6.36 Å². The summed E-state index contributed by atoms with van der Waals surface area (Å²) >= 11 is 0. The number of alkyl halides is 3. The van der Waals surface area contributed by atoms with E-state index < -0.39 is 45.4 Å². The summed E-state index contributed by atoms with van der Waals surface area (Å²) in [5, 5.41) is 0.509. The molecule has 42 heavy (non-hydrogen) atoms. The Morgan fingerprint density at radius 3 is 2.40 bits per heavy atom. The van der Waals surface area contributed by atoms with Crippen molar-refractivity contribution in [1.29, 1.82) is 0 Å². The minimum absolute atomic E-state index is 0.121. The second-order valence-electron chi connectivity index (χ2n) is 9.48. The molecule has 0 radical (unpaired) electrons. The molecule has 4 aromatic rings. The zero-order valence-corrected chi connectivity index (χ0v) is 22.6. The Morgan fingerprint density at radius 2 is 1.67 bits per heavy atom. The van der Waals surface area contributed by atoms with Crippen LogP contribution in [0.2, 0.25) is 0 Å². The highest BCUT2D eigenvalue weighted by molar-refractivity contribution is 7.93. The molecular weight excluding hydrogens is 583 g/mol. The van der Waals surface area contributed by atoms with E-state index in [1.54, 1.807) is 18.2 Å². The number of hydrogen-bond donors (Lipinski definition) is 1. The van der Waals surface area contributed by atoms with Crippen LogP contribution in [0.1, 0.15) is 15.9 Å². The number of carbonyl (C=O) groups excluding carboxylic acids is 1. The summed E-state index contributed by atoms with van der Waals surface area (Å²) in [4.78, 5) is 20.2. The summed E-state index contributed by atoms with van der Waals surface area (Å²) in [5.41, 5.74) is -0.398. The number of piperazine rings is 1. The Hall–Kier alpha value is -4.30. The summed E-state index contributed by atoms with van der Waals surface area (Å²) in [6.07, 6.45) is -3.79. The predicted octanol–water partition coefficient (Wildman–Crippen LogP) is 5.17. The summed E-state index contributed by atoms with van der Waals surface area (Å²) in [6, 6.07) is 14.5. The van der Waals surface area contributed by atoms with Crippen LogP contribution in [0.5, 0.6) is 5.75 Å². The molecule has 0 unspecified atom stereocenters. The molecule has 1 fully saturated rings. The van der Waals surface area contributed by atoms with E-state index in [0.717, 1.165) is 18.2 Å². The molecule has 1 N–H and O–H groups in total. The second-order valence-corrected chi connectivity index (χ2v) is 11.1. The summed E-state index contributed by atoms with van der Waals surface area (Å²) in [6.45, 7) is 1.09. The highest BCUT2D eigenvalue weighted by Gasteiger charge is 2.34. The standard InChI is InChI=1S/C28H23F5N4O4S/c29-21-7-1-5-20(25(21)30)17-36-12-14-37(15-13-36)27(38)19-9-10-22(23(16-19)41-28(31,32)33)35-42(39,40)24-8-2-4-18-6-3-11-34-26(18)24/h1-11,16,35H,12-15,17H2. The van der Waals surface area contributed by atoms with E-state index in [0.29, 0.717) is 18.5 Å². The number of nitrogens with zero attached hydrogens (tertiary/aromatic N) is 3. The Bertz CT molecular complexity index is 1740. The van der Waals surface area contributed by atoms with Gasteiger partial charge in [0.05, 0.1) is 11.2 Å². The molecule has 1 amide bonds. The van der Waals surface area contributed by atoms with Crippen LogP contribution in [-0.2, 0) is 16.6 Å². The van der Waals surface area contributed by atoms with Crippen molar-refractivity contribution in [3.8, 4) is 5.75 Å². The molecule has 0 atom stereocenters. The molecule has 3 aromatic carbocycles. The third kappa shape index (κ3) is 6.44. The molecule has 0 saturated carbocycles. The maximum absolute atomic E-state index is 14.0. The third-order valence-corrected chi connectivity index (χ3v) is 8.07. The number of pyridine rings is 1. The highest BCUT2D eigenvalue weighted by Crippen LogP contribution is 2.34. The number of benzene rings is 3. The smallest absolute Gasteiger partial charge is 0.404 e. The van der Waals surface area contributed by atoms with Gasteiger partial charge < -0.3 is 9.64 Å². The zero-order valence-electron chi connectivity index (χ0n) is 21.7. The quantitative estimate of drug-likeness (QED) is 0.292. The van der Waals surface area contributed by atoms with Crippen molar-refractivity contribution in [2.24, 2.45) is 0 Å². The number of ether oxygens (including phenoxy) is 1. The van der Waals surface area contributed by atoms with Gasteiger partial charge in [-0.05, 0) is 36.4 Å². The number of amides is 1. The van der Waals surface area contributed by atoms with Crippen LogP contribution in [0.25, 0.3) is 10.9 Å². The Morgan fingerprint density at radius 1 is 0.952 bits per heavy atom. The van der Waals surface area contributed by atoms with Crippen LogP contribution in [-0.4, -0.2) is 61.7 Å². The molecule has 1 saturated heterocycles. The van der Waals surface area contributed by atoms with Gasteiger partial charge in [0.2, 0.25) is 0 Å². The Balaban J connectivity index is 1.34. The number of hydrogen-bond acceptors (Lipinski definition) is 6. The van der Waals surface area contributed by atoms with Crippen molar-refractivity contribution >= 4 is 32.5 Å². The maximum Gasteiger partial charge on any atom is 0.573 e. The van der Waals surface area contributed by atoms with E-state index in [4.69, 9.17) is 0 Å². The molecule has 1 aliphatic heterocycles. The van der Waals surface area contributed by atoms with Gasteiger partial charge in [0.15, 0.2) is 17.4 Å². The molecule has 220 valence electrons. The van der Waals surface area contributed by atoms with E-state index in [9.17, 15) is 35.2 Å². The summed E-state index contributed by atoms with van der Waals surface area (Å²) < 4.78 is 100. The van der Waals surface area contributed by atoms with Gasteiger partial charge in [-0.3, -0.25) is 19.4 Å². The average molecular weight is 607 g/mol. The molecule has 0 bridgehead atoms. The topological polar surface area (TPSA) is 91.8 Å². The number of fused-ring (bicyclic) bond motifs is 1. The highest BCUT2D eigenvalue weighted by atomic mass is 32.2. The number of anilines is 1. The molecule has 2 heterocycles. The summed E-state index contributed by atoms with van der Waals surface area (Å²) in [5.74, 6) is -3.42. The van der Waals surface area contributed by atoms with Gasteiger partial charge in [-0.1, -0.05) is 30.3 Å². The molecular formula is C28H23F5N4O4S. The molecule has 5 rings (SSSR count). The first kappa shape index (κ1) is 29.2. The number of sulfonamides is 1. The molecule has 0 spiro atoms. The first-order chi connectivity index (χ1) is 19.9. The first-order valence-electron chi connectivity index (χ1n) is 12.6. The number of carbonyl (C=O) groups is 1. The van der Waals surface area contributed by atoms with Gasteiger partial charge in [-0.25, -0.2) is 17.2 Å². The largest absolute Gasteiger partial charge is 0.573 e. The molecule has 1 aliphatic rings.